The van der Waals surface area contributed by atoms with Crippen LogP contribution in [0.1, 0.15) is 43.2 Å². The Labute approximate surface area is 134 Å². The predicted octanol–water partition coefficient (Wildman–Crippen LogP) is 4.84. The highest BCUT2D eigenvalue weighted by Crippen LogP contribution is 2.33. The van der Waals surface area contributed by atoms with Gasteiger partial charge in [0.2, 0.25) is 0 Å². The van der Waals surface area contributed by atoms with Crippen molar-refractivity contribution in [3.8, 4) is 5.75 Å². The van der Waals surface area contributed by atoms with Crippen LogP contribution in [0.25, 0.3) is 0 Å². The van der Waals surface area contributed by atoms with Crippen molar-refractivity contribution in [3.05, 3.63) is 51.9 Å². The highest BCUT2D eigenvalue weighted by molar-refractivity contribution is 9.10. The zero-order valence-electron chi connectivity index (χ0n) is 12.8. The van der Waals surface area contributed by atoms with E-state index in [1.54, 1.807) is 0 Å². The van der Waals surface area contributed by atoms with Gasteiger partial charge in [0.15, 0.2) is 4.67 Å². The molecule has 2 aromatic rings. The third kappa shape index (κ3) is 4.11. The van der Waals surface area contributed by atoms with E-state index in [4.69, 9.17) is 9.15 Å². The molecule has 0 aliphatic heterocycles. The molecular weight excluding hydrogens is 330 g/mol. The Morgan fingerprint density at radius 2 is 2.05 bits per heavy atom. The number of nitrogens with one attached hydrogen (secondary N) is 1. The van der Waals surface area contributed by atoms with Gasteiger partial charge in [0.1, 0.15) is 11.5 Å². The molecule has 0 radical (unpaired) electrons. The average Bonchev–Trinajstić information content (AvgIpc) is 2.89. The first kappa shape index (κ1) is 16.1. The maximum atomic E-state index is 5.79. The van der Waals surface area contributed by atoms with Crippen LogP contribution in [0.5, 0.6) is 5.75 Å². The first-order valence-corrected chi connectivity index (χ1v) is 8.17. The third-order valence-electron chi connectivity index (χ3n) is 3.25. The summed E-state index contributed by atoms with van der Waals surface area (Å²) in [5, 5.41) is 3.55. The second-order valence-electron chi connectivity index (χ2n) is 5.00. The SMILES string of the molecule is CCCNC(c1ccc(Br)o1)c1cc(C)ccc1OCC. The standard InChI is InChI=1S/C17H22BrNO2/c1-4-10-19-17(15-8-9-16(18)21-15)13-11-12(3)6-7-14(13)20-5-2/h6-9,11,17,19H,4-5,10H2,1-3H3. The molecular formula is C17H22BrNO2. The molecule has 0 bridgehead atoms. The lowest BCUT2D eigenvalue weighted by molar-refractivity contribution is 0.329. The van der Waals surface area contributed by atoms with Gasteiger partial charge in [-0.05, 0) is 60.9 Å². The molecule has 1 N–H and O–H groups in total. The molecule has 1 aromatic heterocycles. The number of ether oxygens (including phenoxy) is 1. The smallest absolute Gasteiger partial charge is 0.169 e. The Kier molecular flexibility index (Phi) is 5.88. The van der Waals surface area contributed by atoms with Gasteiger partial charge >= 0.3 is 0 Å². The van der Waals surface area contributed by atoms with Crippen LogP contribution in [0.15, 0.2) is 39.4 Å². The van der Waals surface area contributed by atoms with Gasteiger partial charge in [0.25, 0.3) is 0 Å². The summed E-state index contributed by atoms with van der Waals surface area (Å²) in [4.78, 5) is 0. The minimum atomic E-state index is -0.00213. The van der Waals surface area contributed by atoms with Gasteiger partial charge in [-0.2, -0.15) is 0 Å². The maximum absolute atomic E-state index is 5.79. The van der Waals surface area contributed by atoms with E-state index in [0.717, 1.165) is 34.7 Å². The molecule has 1 atom stereocenters. The van der Waals surface area contributed by atoms with E-state index in [1.165, 1.54) is 5.56 Å². The van der Waals surface area contributed by atoms with Gasteiger partial charge < -0.3 is 14.5 Å². The largest absolute Gasteiger partial charge is 0.494 e. The van der Waals surface area contributed by atoms with Gasteiger partial charge in [0.05, 0.1) is 12.6 Å². The van der Waals surface area contributed by atoms with Crippen molar-refractivity contribution in [2.75, 3.05) is 13.2 Å². The molecule has 0 spiro atoms. The zero-order chi connectivity index (χ0) is 15.2. The summed E-state index contributed by atoms with van der Waals surface area (Å²) in [6, 6.07) is 10.2. The molecule has 3 nitrogen and oxygen atoms in total. The average molecular weight is 352 g/mol. The number of furan rings is 1. The fourth-order valence-corrected chi connectivity index (χ4v) is 2.64. The molecule has 1 aromatic carbocycles. The summed E-state index contributed by atoms with van der Waals surface area (Å²) in [5.74, 6) is 1.80. The summed E-state index contributed by atoms with van der Waals surface area (Å²) < 4.78 is 12.3. The first-order valence-electron chi connectivity index (χ1n) is 7.37. The Hall–Kier alpha value is -1.26. The molecule has 0 fully saturated rings. The van der Waals surface area contributed by atoms with Crippen molar-refractivity contribution in [1.29, 1.82) is 0 Å². The van der Waals surface area contributed by atoms with Gasteiger partial charge in [-0.1, -0.05) is 24.6 Å². The zero-order valence-corrected chi connectivity index (χ0v) is 14.4. The quantitative estimate of drug-likeness (QED) is 0.774. The number of halogens is 1. The molecule has 0 saturated carbocycles. The fraction of sp³-hybridized carbons (Fsp3) is 0.412. The maximum Gasteiger partial charge on any atom is 0.169 e. The number of benzene rings is 1. The number of hydrogen-bond acceptors (Lipinski definition) is 3. The lowest BCUT2D eigenvalue weighted by Gasteiger charge is -2.20. The van der Waals surface area contributed by atoms with Gasteiger partial charge in [-0.3, -0.25) is 0 Å². The van der Waals surface area contributed by atoms with Crippen LogP contribution >= 0.6 is 15.9 Å². The van der Waals surface area contributed by atoms with Crippen molar-refractivity contribution in [2.45, 2.75) is 33.2 Å². The van der Waals surface area contributed by atoms with E-state index < -0.39 is 0 Å². The van der Waals surface area contributed by atoms with Crippen molar-refractivity contribution in [3.63, 3.8) is 0 Å². The Morgan fingerprint density at radius 1 is 1.24 bits per heavy atom. The minimum absolute atomic E-state index is 0.00213. The summed E-state index contributed by atoms with van der Waals surface area (Å²) >= 11 is 3.38. The number of aryl methyl sites for hydroxylation is 1. The predicted molar refractivity (Wildman–Crippen MR) is 88.9 cm³/mol. The lowest BCUT2D eigenvalue weighted by atomic mass is 10.0. The molecule has 4 heteroatoms. The Bertz CT molecular complexity index is 580. The van der Waals surface area contributed by atoms with Crippen LogP contribution in [0, 0.1) is 6.92 Å². The molecule has 2 rings (SSSR count). The van der Waals surface area contributed by atoms with E-state index in [9.17, 15) is 0 Å². The second-order valence-corrected chi connectivity index (χ2v) is 5.78. The van der Waals surface area contributed by atoms with Crippen molar-refractivity contribution in [1.82, 2.24) is 5.32 Å². The van der Waals surface area contributed by atoms with Crippen molar-refractivity contribution in [2.24, 2.45) is 0 Å². The molecule has 0 aliphatic rings. The number of rotatable bonds is 7. The minimum Gasteiger partial charge on any atom is -0.494 e. The summed E-state index contributed by atoms with van der Waals surface area (Å²) in [6.07, 6.45) is 1.06. The molecule has 114 valence electrons. The first-order chi connectivity index (χ1) is 10.2. The fourth-order valence-electron chi connectivity index (χ4n) is 2.32. The summed E-state index contributed by atoms with van der Waals surface area (Å²) in [5.41, 5.74) is 2.33. The van der Waals surface area contributed by atoms with E-state index >= 15 is 0 Å². The molecule has 21 heavy (non-hydrogen) atoms. The van der Waals surface area contributed by atoms with E-state index in [1.807, 2.05) is 25.1 Å². The molecule has 1 heterocycles. The number of hydrogen-bond donors (Lipinski definition) is 1. The highest BCUT2D eigenvalue weighted by atomic mass is 79.9. The topological polar surface area (TPSA) is 34.4 Å². The highest BCUT2D eigenvalue weighted by Gasteiger charge is 2.21. The summed E-state index contributed by atoms with van der Waals surface area (Å²) in [6.45, 7) is 7.82. The molecule has 0 amide bonds. The van der Waals surface area contributed by atoms with Crippen LogP contribution in [0.4, 0.5) is 0 Å². The van der Waals surface area contributed by atoms with Gasteiger partial charge in [-0.25, -0.2) is 0 Å². The van der Waals surface area contributed by atoms with Crippen LogP contribution in [-0.4, -0.2) is 13.2 Å². The third-order valence-corrected chi connectivity index (χ3v) is 3.68. The van der Waals surface area contributed by atoms with Crippen LogP contribution in [0.2, 0.25) is 0 Å². The normalized spacial score (nSPS) is 12.4. The van der Waals surface area contributed by atoms with E-state index in [-0.39, 0.29) is 6.04 Å². The van der Waals surface area contributed by atoms with E-state index in [0.29, 0.717) is 6.61 Å². The van der Waals surface area contributed by atoms with E-state index in [2.05, 4.69) is 47.2 Å². The monoisotopic (exact) mass is 351 g/mol. The van der Waals surface area contributed by atoms with Gasteiger partial charge in [-0.15, -0.1) is 0 Å². The lowest BCUT2D eigenvalue weighted by Crippen LogP contribution is -2.23. The van der Waals surface area contributed by atoms with Gasteiger partial charge in [0, 0.05) is 5.56 Å². The second kappa shape index (κ2) is 7.66. The Morgan fingerprint density at radius 3 is 2.67 bits per heavy atom. The van der Waals surface area contributed by atoms with Crippen LogP contribution in [-0.2, 0) is 0 Å². The van der Waals surface area contributed by atoms with Crippen LogP contribution < -0.4 is 10.1 Å². The molecule has 0 aliphatic carbocycles. The van der Waals surface area contributed by atoms with Crippen molar-refractivity contribution >= 4 is 15.9 Å². The van der Waals surface area contributed by atoms with Crippen LogP contribution in [0.3, 0.4) is 0 Å². The molecule has 0 saturated heterocycles. The Balaban J connectivity index is 2.42. The summed E-state index contributed by atoms with van der Waals surface area (Å²) in [7, 11) is 0. The molecule has 1 unspecified atom stereocenters. The van der Waals surface area contributed by atoms with Crippen molar-refractivity contribution < 1.29 is 9.15 Å².